The lowest BCUT2D eigenvalue weighted by molar-refractivity contribution is 0.136. The van der Waals surface area contributed by atoms with Crippen molar-refractivity contribution in [1.29, 1.82) is 0 Å². The summed E-state index contributed by atoms with van der Waals surface area (Å²) in [4.78, 5) is 7.03. The number of rotatable bonds is 5. The molecule has 2 heterocycles. The molecule has 4 heteroatoms. The molecule has 21 heavy (non-hydrogen) atoms. The zero-order valence-corrected chi connectivity index (χ0v) is 14.1. The van der Waals surface area contributed by atoms with E-state index in [1.807, 2.05) is 6.92 Å². The topological polar surface area (TPSA) is 37.4 Å². The van der Waals surface area contributed by atoms with Crippen molar-refractivity contribution < 1.29 is 4.74 Å². The highest BCUT2D eigenvalue weighted by molar-refractivity contribution is 5.32. The standard InChI is InChI=1S/C17H29N3O/c1-13-10-14(2)16(21-5)19-15(13)11-18-12-17(3)6-8-20(4)9-7-17/h10,18H,6-9,11-12H2,1-5H3. The van der Waals surface area contributed by atoms with Crippen molar-refractivity contribution in [1.82, 2.24) is 15.2 Å². The average molecular weight is 291 g/mol. The first-order chi connectivity index (χ1) is 9.93. The summed E-state index contributed by atoms with van der Waals surface area (Å²) < 4.78 is 5.32. The van der Waals surface area contributed by atoms with E-state index in [1.165, 1.54) is 31.5 Å². The fourth-order valence-corrected chi connectivity index (χ4v) is 2.97. The number of ether oxygens (including phenoxy) is 1. The van der Waals surface area contributed by atoms with Gasteiger partial charge in [0.15, 0.2) is 0 Å². The van der Waals surface area contributed by atoms with Crippen LogP contribution in [0.3, 0.4) is 0 Å². The molecule has 0 saturated carbocycles. The molecule has 1 aliphatic heterocycles. The van der Waals surface area contributed by atoms with E-state index >= 15 is 0 Å². The average Bonchev–Trinajstić information content (AvgIpc) is 2.45. The van der Waals surface area contributed by atoms with E-state index < -0.39 is 0 Å². The third-order valence-corrected chi connectivity index (χ3v) is 4.69. The van der Waals surface area contributed by atoms with Gasteiger partial charge < -0.3 is 15.0 Å². The Morgan fingerprint density at radius 1 is 1.29 bits per heavy atom. The van der Waals surface area contributed by atoms with Crippen LogP contribution in [-0.4, -0.2) is 43.7 Å². The third kappa shape index (κ3) is 4.17. The van der Waals surface area contributed by atoms with Crippen molar-refractivity contribution in [2.45, 2.75) is 40.2 Å². The predicted molar refractivity (Wildman–Crippen MR) is 86.8 cm³/mol. The number of methoxy groups -OCH3 is 1. The SMILES string of the molecule is COc1nc(CNCC2(C)CCN(C)CC2)c(C)cc1C. The van der Waals surface area contributed by atoms with Crippen LogP contribution in [0.4, 0.5) is 0 Å². The van der Waals surface area contributed by atoms with Crippen LogP contribution in [0.5, 0.6) is 5.88 Å². The van der Waals surface area contributed by atoms with Gasteiger partial charge in [-0.1, -0.05) is 6.92 Å². The van der Waals surface area contributed by atoms with Crippen LogP contribution in [0.15, 0.2) is 6.07 Å². The molecular weight excluding hydrogens is 262 g/mol. The van der Waals surface area contributed by atoms with E-state index in [9.17, 15) is 0 Å². The van der Waals surface area contributed by atoms with Crippen molar-refractivity contribution in [3.05, 3.63) is 22.9 Å². The van der Waals surface area contributed by atoms with Crippen molar-refractivity contribution in [3.8, 4) is 5.88 Å². The van der Waals surface area contributed by atoms with Crippen LogP contribution in [-0.2, 0) is 6.54 Å². The number of aryl methyl sites for hydroxylation is 2. The zero-order chi connectivity index (χ0) is 15.5. The number of aromatic nitrogens is 1. The maximum absolute atomic E-state index is 5.32. The Kier molecular flexibility index (Phi) is 5.22. The second-order valence-electron chi connectivity index (χ2n) is 6.80. The third-order valence-electron chi connectivity index (χ3n) is 4.69. The van der Waals surface area contributed by atoms with E-state index in [0.29, 0.717) is 5.41 Å². The second-order valence-corrected chi connectivity index (χ2v) is 6.80. The molecule has 1 aliphatic rings. The fraction of sp³-hybridized carbons (Fsp3) is 0.706. The predicted octanol–water partition coefficient (Wildman–Crippen LogP) is 2.53. The van der Waals surface area contributed by atoms with E-state index in [4.69, 9.17) is 4.74 Å². The first-order valence-electron chi connectivity index (χ1n) is 7.84. The highest BCUT2D eigenvalue weighted by Crippen LogP contribution is 2.29. The summed E-state index contributed by atoms with van der Waals surface area (Å²) in [6.07, 6.45) is 2.53. The van der Waals surface area contributed by atoms with Gasteiger partial charge in [-0.05, 0) is 63.9 Å². The molecule has 1 aromatic rings. The molecule has 0 radical (unpaired) electrons. The van der Waals surface area contributed by atoms with Crippen LogP contribution in [0.25, 0.3) is 0 Å². The Morgan fingerprint density at radius 2 is 1.95 bits per heavy atom. The summed E-state index contributed by atoms with van der Waals surface area (Å²) in [7, 11) is 3.89. The lowest BCUT2D eigenvalue weighted by Gasteiger charge is -2.38. The van der Waals surface area contributed by atoms with Gasteiger partial charge in [-0.15, -0.1) is 0 Å². The Morgan fingerprint density at radius 3 is 2.57 bits per heavy atom. The lowest BCUT2D eigenvalue weighted by Crippen LogP contribution is -2.42. The van der Waals surface area contributed by atoms with E-state index in [0.717, 1.165) is 30.2 Å². The number of pyridine rings is 1. The summed E-state index contributed by atoms with van der Waals surface area (Å²) in [6.45, 7) is 10.8. The van der Waals surface area contributed by atoms with Gasteiger partial charge in [-0.25, -0.2) is 4.98 Å². The smallest absolute Gasteiger partial charge is 0.216 e. The molecule has 4 nitrogen and oxygen atoms in total. The van der Waals surface area contributed by atoms with Gasteiger partial charge in [0.2, 0.25) is 5.88 Å². The largest absolute Gasteiger partial charge is 0.481 e. The van der Waals surface area contributed by atoms with Gasteiger partial charge in [0.25, 0.3) is 0 Å². The molecule has 0 aromatic carbocycles. The van der Waals surface area contributed by atoms with Gasteiger partial charge in [-0.2, -0.15) is 0 Å². The molecule has 0 bridgehead atoms. The van der Waals surface area contributed by atoms with Crippen LogP contribution in [0.2, 0.25) is 0 Å². The van der Waals surface area contributed by atoms with Gasteiger partial charge in [-0.3, -0.25) is 0 Å². The summed E-state index contributed by atoms with van der Waals surface area (Å²) in [6, 6.07) is 2.15. The quantitative estimate of drug-likeness (QED) is 0.904. The summed E-state index contributed by atoms with van der Waals surface area (Å²) >= 11 is 0. The molecule has 1 fully saturated rings. The molecule has 1 N–H and O–H groups in total. The maximum atomic E-state index is 5.32. The maximum Gasteiger partial charge on any atom is 0.216 e. The number of nitrogens with zero attached hydrogens (tertiary/aromatic N) is 2. The van der Waals surface area contributed by atoms with Gasteiger partial charge in [0.05, 0.1) is 12.8 Å². The van der Waals surface area contributed by atoms with Crippen LogP contribution >= 0.6 is 0 Å². The highest BCUT2D eigenvalue weighted by Gasteiger charge is 2.28. The van der Waals surface area contributed by atoms with Crippen LogP contribution in [0.1, 0.15) is 36.6 Å². The van der Waals surface area contributed by atoms with Gasteiger partial charge in [0, 0.05) is 18.7 Å². The molecule has 1 saturated heterocycles. The number of nitrogens with one attached hydrogen (secondary N) is 1. The number of hydrogen-bond donors (Lipinski definition) is 1. The number of piperidine rings is 1. The monoisotopic (exact) mass is 291 g/mol. The Hall–Kier alpha value is -1.13. The number of likely N-dealkylation sites (tertiary alicyclic amines) is 1. The van der Waals surface area contributed by atoms with Gasteiger partial charge >= 0.3 is 0 Å². The molecule has 118 valence electrons. The molecule has 0 amide bonds. The minimum atomic E-state index is 0.412. The zero-order valence-electron chi connectivity index (χ0n) is 14.1. The van der Waals surface area contributed by atoms with Crippen molar-refractivity contribution in [2.75, 3.05) is 33.8 Å². The Balaban J connectivity index is 1.91. The van der Waals surface area contributed by atoms with E-state index in [2.05, 4.69) is 42.2 Å². The molecule has 0 spiro atoms. The second kappa shape index (κ2) is 6.75. The highest BCUT2D eigenvalue weighted by atomic mass is 16.5. The minimum Gasteiger partial charge on any atom is -0.481 e. The molecule has 0 unspecified atom stereocenters. The van der Waals surface area contributed by atoms with E-state index in [-0.39, 0.29) is 0 Å². The summed E-state index contributed by atoms with van der Waals surface area (Å²) in [5, 5.41) is 3.60. The summed E-state index contributed by atoms with van der Waals surface area (Å²) in [5.41, 5.74) is 3.83. The van der Waals surface area contributed by atoms with Crippen molar-refractivity contribution in [3.63, 3.8) is 0 Å². The molecule has 0 aliphatic carbocycles. The number of hydrogen-bond acceptors (Lipinski definition) is 4. The normalized spacial score (nSPS) is 18.7. The minimum absolute atomic E-state index is 0.412. The van der Waals surface area contributed by atoms with Crippen LogP contribution < -0.4 is 10.1 Å². The molecule has 0 atom stereocenters. The lowest BCUT2D eigenvalue weighted by atomic mass is 9.80. The van der Waals surface area contributed by atoms with Crippen LogP contribution in [0, 0.1) is 19.3 Å². The van der Waals surface area contributed by atoms with Crippen molar-refractivity contribution >= 4 is 0 Å². The molecular formula is C17H29N3O. The van der Waals surface area contributed by atoms with E-state index in [1.54, 1.807) is 7.11 Å². The molecule has 2 rings (SSSR count). The first kappa shape index (κ1) is 16.2. The Labute approximate surface area is 128 Å². The first-order valence-corrected chi connectivity index (χ1v) is 7.84. The molecule has 1 aromatic heterocycles. The summed E-state index contributed by atoms with van der Waals surface area (Å²) in [5.74, 6) is 0.739. The fourth-order valence-electron chi connectivity index (χ4n) is 2.97. The van der Waals surface area contributed by atoms with Crippen molar-refractivity contribution in [2.24, 2.45) is 5.41 Å². The Bertz CT molecular complexity index is 479. The van der Waals surface area contributed by atoms with Gasteiger partial charge in [0.1, 0.15) is 0 Å².